The summed E-state index contributed by atoms with van der Waals surface area (Å²) >= 11 is 2.69. The highest BCUT2D eigenvalue weighted by atomic mass is 79.9. The summed E-state index contributed by atoms with van der Waals surface area (Å²) in [6, 6.07) is 0.760. The minimum Gasteiger partial charge on any atom is -0.506 e. The molecule has 6 heteroatoms. The van der Waals surface area contributed by atoms with Crippen LogP contribution in [-0.2, 0) is 0 Å². The van der Waals surface area contributed by atoms with Crippen molar-refractivity contribution in [2.75, 3.05) is 6.54 Å². The van der Waals surface area contributed by atoms with Gasteiger partial charge in [0.2, 0.25) is 0 Å². The van der Waals surface area contributed by atoms with Gasteiger partial charge in [0.05, 0.1) is 10.6 Å². The van der Waals surface area contributed by atoms with Gasteiger partial charge in [0.25, 0.3) is 0 Å². The first-order chi connectivity index (χ1) is 6.99. The van der Waals surface area contributed by atoms with Gasteiger partial charge in [-0.15, -0.1) is 0 Å². The van der Waals surface area contributed by atoms with Crippen molar-refractivity contribution in [3.05, 3.63) is 27.7 Å². The van der Waals surface area contributed by atoms with E-state index in [2.05, 4.69) is 15.9 Å². The monoisotopic (exact) mass is 281 g/mol. The molecule has 0 spiro atoms. The smallest absolute Gasteiger partial charge is 0.176 e. The van der Waals surface area contributed by atoms with Crippen LogP contribution < -0.4 is 5.73 Å². The second-order valence-electron chi connectivity index (χ2n) is 3.02. The summed E-state index contributed by atoms with van der Waals surface area (Å²) in [6.45, 7) is 0.178. The Hall–Kier alpha value is -0.720. The minimum absolute atomic E-state index is 0.0776. The Morgan fingerprint density at radius 2 is 2.07 bits per heavy atom. The molecule has 15 heavy (non-hydrogen) atoms. The van der Waals surface area contributed by atoms with E-state index in [4.69, 9.17) is 5.73 Å². The van der Waals surface area contributed by atoms with E-state index in [1.807, 2.05) is 0 Å². The van der Waals surface area contributed by atoms with E-state index in [9.17, 15) is 19.0 Å². The summed E-state index contributed by atoms with van der Waals surface area (Å²) in [5.74, 6) is -2.82. The quantitative estimate of drug-likeness (QED) is 0.741. The molecule has 0 bridgehead atoms. The molecule has 1 aromatic rings. The van der Waals surface area contributed by atoms with Gasteiger partial charge in [-0.2, -0.15) is 0 Å². The van der Waals surface area contributed by atoms with Crippen molar-refractivity contribution in [1.82, 2.24) is 0 Å². The van der Waals surface area contributed by atoms with Gasteiger partial charge in [-0.25, -0.2) is 8.78 Å². The standard InChI is InChI=1S/C9H10BrF2NO2/c10-7-8(12)5(11)3-4(9(7)15)6(14)1-2-13/h3,6,14-15H,1-2,13H2. The molecule has 0 heterocycles. The SMILES string of the molecule is NCCC(O)c1cc(F)c(F)c(Br)c1O. The van der Waals surface area contributed by atoms with Crippen LogP contribution in [0.2, 0.25) is 0 Å². The first kappa shape index (κ1) is 12.4. The Morgan fingerprint density at radius 1 is 1.47 bits per heavy atom. The predicted molar refractivity (Wildman–Crippen MR) is 54.4 cm³/mol. The normalized spacial score (nSPS) is 12.9. The molecule has 0 saturated heterocycles. The summed E-state index contributed by atoms with van der Waals surface area (Å²) in [4.78, 5) is 0. The molecule has 1 rings (SSSR count). The van der Waals surface area contributed by atoms with Crippen molar-refractivity contribution >= 4 is 15.9 Å². The zero-order chi connectivity index (χ0) is 11.6. The maximum absolute atomic E-state index is 13.0. The molecule has 4 N–H and O–H groups in total. The fourth-order valence-electron chi connectivity index (χ4n) is 1.17. The second kappa shape index (κ2) is 4.87. The lowest BCUT2D eigenvalue weighted by molar-refractivity contribution is 0.165. The van der Waals surface area contributed by atoms with Gasteiger partial charge >= 0.3 is 0 Å². The number of nitrogens with two attached hydrogens (primary N) is 1. The summed E-state index contributed by atoms with van der Waals surface area (Å²) in [7, 11) is 0. The van der Waals surface area contributed by atoms with Crippen LogP contribution in [0.1, 0.15) is 18.1 Å². The van der Waals surface area contributed by atoms with Crippen LogP contribution in [0.5, 0.6) is 5.75 Å². The molecule has 0 fully saturated rings. The molecule has 0 amide bonds. The van der Waals surface area contributed by atoms with Crippen molar-refractivity contribution in [2.45, 2.75) is 12.5 Å². The fourth-order valence-corrected chi connectivity index (χ4v) is 1.59. The number of benzene rings is 1. The van der Waals surface area contributed by atoms with Gasteiger partial charge in [0, 0.05) is 5.56 Å². The molecular formula is C9H10BrF2NO2. The van der Waals surface area contributed by atoms with E-state index >= 15 is 0 Å². The Kier molecular flexibility index (Phi) is 4.01. The highest BCUT2D eigenvalue weighted by molar-refractivity contribution is 9.10. The number of halogens is 3. The third kappa shape index (κ3) is 2.45. The minimum atomic E-state index is -1.18. The summed E-state index contributed by atoms with van der Waals surface area (Å²) in [6.07, 6.45) is -0.952. The second-order valence-corrected chi connectivity index (χ2v) is 3.81. The molecule has 0 aliphatic carbocycles. The van der Waals surface area contributed by atoms with Gasteiger partial charge in [-0.05, 0) is 35.0 Å². The molecule has 1 aromatic carbocycles. The number of phenols is 1. The summed E-state index contributed by atoms with van der Waals surface area (Å²) in [5, 5.41) is 18.9. The third-order valence-corrected chi connectivity index (χ3v) is 2.69. The van der Waals surface area contributed by atoms with E-state index in [-0.39, 0.29) is 18.5 Å². The van der Waals surface area contributed by atoms with E-state index < -0.39 is 28.0 Å². The van der Waals surface area contributed by atoms with Gasteiger partial charge in [0.1, 0.15) is 5.75 Å². The fraction of sp³-hybridized carbons (Fsp3) is 0.333. The lowest BCUT2D eigenvalue weighted by Crippen LogP contribution is -2.08. The van der Waals surface area contributed by atoms with Crippen molar-refractivity contribution in [2.24, 2.45) is 5.73 Å². The molecule has 0 saturated carbocycles. The van der Waals surface area contributed by atoms with E-state index in [1.165, 1.54) is 0 Å². The number of phenolic OH excluding ortho intramolecular Hbond substituents is 1. The molecule has 3 nitrogen and oxygen atoms in total. The van der Waals surface area contributed by atoms with Crippen LogP contribution in [0.15, 0.2) is 10.5 Å². The van der Waals surface area contributed by atoms with Crippen LogP contribution in [0.3, 0.4) is 0 Å². The molecule has 0 aliphatic rings. The first-order valence-corrected chi connectivity index (χ1v) is 5.02. The van der Waals surface area contributed by atoms with Gasteiger partial charge in [-0.3, -0.25) is 0 Å². The number of aliphatic hydroxyl groups is 1. The van der Waals surface area contributed by atoms with Crippen molar-refractivity contribution in [3.8, 4) is 5.75 Å². The Morgan fingerprint density at radius 3 is 2.60 bits per heavy atom. The number of hydrogen-bond donors (Lipinski definition) is 3. The summed E-state index contributed by atoms with van der Waals surface area (Å²) < 4.78 is 25.5. The van der Waals surface area contributed by atoms with Crippen molar-refractivity contribution < 1.29 is 19.0 Å². The van der Waals surface area contributed by atoms with Crippen molar-refractivity contribution in [1.29, 1.82) is 0 Å². The van der Waals surface area contributed by atoms with Gasteiger partial charge in [-0.1, -0.05) is 0 Å². The Labute approximate surface area is 93.7 Å². The zero-order valence-electron chi connectivity index (χ0n) is 7.67. The number of aromatic hydroxyl groups is 1. The van der Waals surface area contributed by atoms with Crippen LogP contribution in [-0.4, -0.2) is 16.8 Å². The first-order valence-electron chi connectivity index (χ1n) is 4.23. The van der Waals surface area contributed by atoms with Crippen LogP contribution in [0, 0.1) is 11.6 Å². The van der Waals surface area contributed by atoms with E-state index in [0.29, 0.717) is 0 Å². The lowest BCUT2D eigenvalue weighted by atomic mass is 10.1. The number of rotatable bonds is 3. The van der Waals surface area contributed by atoms with E-state index in [1.54, 1.807) is 0 Å². The van der Waals surface area contributed by atoms with E-state index in [0.717, 1.165) is 6.07 Å². The van der Waals surface area contributed by atoms with Crippen LogP contribution in [0.4, 0.5) is 8.78 Å². The maximum Gasteiger partial charge on any atom is 0.176 e. The lowest BCUT2D eigenvalue weighted by Gasteiger charge is -2.13. The van der Waals surface area contributed by atoms with Crippen molar-refractivity contribution in [3.63, 3.8) is 0 Å². The van der Waals surface area contributed by atoms with Crippen LogP contribution >= 0.6 is 15.9 Å². The Balaban J connectivity index is 3.19. The highest BCUT2D eigenvalue weighted by Crippen LogP contribution is 2.36. The topological polar surface area (TPSA) is 66.5 Å². The molecule has 0 radical (unpaired) electrons. The molecule has 0 aromatic heterocycles. The molecule has 0 aliphatic heterocycles. The van der Waals surface area contributed by atoms with Gasteiger partial charge in [0.15, 0.2) is 11.6 Å². The maximum atomic E-state index is 13.0. The predicted octanol–water partition coefficient (Wildman–Crippen LogP) is 1.82. The summed E-state index contributed by atoms with van der Waals surface area (Å²) in [5.41, 5.74) is 5.12. The number of hydrogen-bond acceptors (Lipinski definition) is 3. The highest BCUT2D eigenvalue weighted by Gasteiger charge is 2.20. The number of aliphatic hydroxyl groups excluding tert-OH is 1. The third-order valence-electron chi connectivity index (χ3n) is 1.97. The Bertz CT molecular complexity index is 374. The van der Waals surface area contributed by atoms with Gasteiger partial charge < -0.3 is 15.9 Å². The molecule has 84 valence electrons. The molecule has 1 unspecified atom stereocenters. The van der Waals surface area contributed by atoms with Crippen LogP contribution in [0.25, 0.3) is 0 Å². The molecule has 1 atom stereocenters. The molecular weight excluding hydrogens is 272 g/mol. The average molecular weight is 282 g/mol. The largest absolute Gasteiger partial charge is 0.506 e. The average Bonchev–Trinajstić information content (AvgIpc) is 2.20. The zero-order valence-corrected chi connectivity index (χ0v) is 9.26.